The van der Waals surface area contributed by atoms with Crippen LogP contribution in [-0.4, -0.2) is 50.0 Å². The van der Waals surface area contributed by atoms with Gasteiger partial charge in [-0.1, -0.05) is 6.07 Å². The maximum atomic E-state index is 13.6. The molecule has 0 unspecified atom stereocenters. The van der Waals surface area contributed by atoms with Gasteiger partial charge < -0.3 is 15.7 Å². The molecule has 10 nitrogen and oxygen atoms in total. The van der Waals surface area contributed by atoms with Crippen molar-refractivity contribution in [2.45, 2.75) is 13.5 Å². The summed E-state index contributed by atoms with van der Waals surface area (Å²) in [5, 5.41) is 17.9. The van der Waals surface area contributed by atoms with Crippen LogP contribution < -0.4 is 49.6 Å². The van der Waals surface area contributed by atoms with Crippen molar-refractivity contribution in [3.8, 4) is 5.75 Å². The summed E-state index contributed by atoms with van der Waals surface area (Å²) in [4.78, 5) is 32.9. The van der Waals surface area contributed by atoms with E-state index in [-0.39, 0.29) is 64.1 Å². The quantitative estimate of drug-likeness (QED) is 0.357. The number of anilines is 1. The molecular weight excluding hydrogens is 476 g/mol. The standard InChI is InChI=1S/C21H22FN5O5S.Na/c1-4-33(31,32)27(3)19-14-6-5-9-24-16(14)18(28)17(26-19)21(30)25-11-12-7-8-13(22)10-15(12)20(29)23-2;/h5-10,28H,4,11H2,1-3H3,(H,23,29)(H,25,30);/q;+1/p-1. The summed E-state index contributed by atoms with van der Waals surface area (Å²) >= 11 is 0. The van der Waals surface area contributed by atoms with E-state index in [2.05, 4.69) is 20.6 Å². The molecule has 2 N–H and O–H groups in total. The summed E-state index contributed by atoms with van der Waals surface area (Å²) in [6, 6.07) is 6.51. The average molecular weight is 497 g/mol. The van der Waals surface area contributed by atoms with Gasteiger partial charge in [-0.2, -0.15) is 0 Å². The number of carbonyl (C=O) groups is 2. The Morgan fingerprint density at radius 2 is 1.91 bits per heavy atom. The maximum Gasteiger partial charge on any atom is 1.00 e. The van der Waals surface area contributed by atoms with E-state index in [1.54, 1.807) is 0 Å². The Bertz CT molecular complexity index is 1350. The van der Waals surface area contributed by atoms with Gasteiger partial charge in [-0.15, -0.1) is 0 Å². The summed E-state index contributed by atoms with van der Waals surface area (Å²) < 4.78 is 39.3. The van der Waals surface area contributed by atoms with E-state index in [4.69, 9.17) is 0 Å². The van der Waals surface area contributed by atoms with E-state index >= 15 is 0 Å². The van der Waals surface area contributed by atoms with Crippen molar-refractivity contribution >= 4 is 38.6 Å². The van der Waals surface area contributed by atoms with Crippen molar-refractivity contribution in [2.24, 2.45) is 0 Å². The first-order chi connectivity index (χ1) is 15.6. The molecule has 0 bridgehead atoms. The fraction of sp³-hybridized carbons (Fsp3) is 0.238. The molecule has 2 heterocycles. The molecule has 2 aromatic heterocycles. The van der Waals surface area contributed by atoms with Gasteiger partial charge >= 0.3 is 29.6 Å². The number of halogens is 1. The molecule has 2 amide bonds. The molecule has 0 aliphatic heterocycles. The van der Waals surface area contributed by atoms with Crippen molar-refractivity contribution < 1.29 is 57.1 Å². The molecule has 0 fully saturated rings. The fourth-order valence-corrected chi connectivity index (χ4v) is 3.91. The van der Waals surface area contributed by atoms with E-state index in [0.717, 1.165) is 16.4 Å². The first-order valence-corrected chi connectivity index (χ1v) is 11.4. The van der Waals surface area contributed by atoms with Gasteiger partial charge in [-0.3, -0.25) is 18.9 Å². The fourth-order valence-electron chi connectivity index (χ4n) is 3.12. The SMILES string of the molecule is CCS(=O)(=O)N(C)c1nc(C(=O)NCc2ccc(F)cc2C(=O)NC)c([O-])c2ncccc12.[Na+]. The molecule has 0 aliphatic rings. The molecule has 174 valence electrons. The zero-order valence-electron chi connectivity index (χ0n) is 19.0. The number of carbonyl (C=O) groups excluding carboxylic acids is 2. The number of hydrogen-bond donors (Lipinski definition) is 2. The van der Waals surface area contributed by atoms with E-state index < -0.39 is 39.1 Å². The van der Waals surface area contributed by atoms with Gasteiger partial charge in [0.05, 0.1) is 11.3 Å². The number of hydrogen-bond acceptors (Lipinski definition) is 7. The molecular formula is C21H21FN5NaO5S. The van der Waals surface area contributed by atoms with Crippen LogP contribution in [0.1, 0.15) is 33.3 Å². The maximum absolute atomic E-state index is 13.6. The van der Waals surface area contributed by atoms with Crippen LogP contribution in [0.25, 0.3) is 10.9 Å². The molecule has 0 aliphatic carbocycles. The average Bonchev–Trinajstić information content (AvgIpc) is 2.82. The van der Waals surface area contributed by atoms with Gasteiger partial charge in [0.25, 0.3) is 11.8 Å². The summed E-state index contributed by atoms with van der Waals surface area (Å²) in [6.45, 7) is 1.25. The zero-order valence-corrected chi connectivity index (χ0v) is 21.9. The third-order valence-electron chi connectivity index (χ3n) is 4.97. The topological polar surface area (TPSA) is 144 Å². The number of benzene rings is 1. The second-order valence-electron chi connectivity index (χ2n) is 6.94. The van der Waals surface area contributed by atoms with Crippen LogP contribution in [0.5, 0.6) is 5.75 Å². The zero-order chi connectivity index (χ0) is 24.3. The molecule has 0 spiro atoms. The number of fused-ring (bicyclic) bond motifs is 1. The third-order valence-corrected chi connectivity index (χ3v) is 6.71. The van der Waals surface area contributed by atoms with Gasteiger partial charge in [0.15, 0.2) is 5.82 Å². The van der Waals surface area contributed by atoms with Gasteiger partial charge in [-0.25, -0.2) is 17.8 Å². The van der Waals surface area contributed by atoms with Crippen LogP contribution in [0.3, 0.4) is 0 Å². The molecule has 0 radical (unpaired) electrons. The summed E-state index contributed by atoms with van der Waals surface area (Å²) in [5.74, 6) is -3.19. The monoisotopic (exact) mass is 497 g/mol. The molecule has 3 rings (SSSR count). The minimum atomic E-state index is -3.75. The Kier molecular flexibility index (Phi) is 8.95. The van der Waals surface area contributed by atoms with Crippen molar-refractivity contribution in [3.63, 3.8) is 0 Å². The molecule has 3 aromatic rings. The van der Waals surface area contributed by atoms with Gasteiger partial charge in [-0.05, 0) is 42.5 Å². The normalized spacial score (nSPS) is 10.9. The van der Waals surface area contributed by atoms with Crippen LogP contribution in [0.2, 0.25) is 0 Å². The van der Waals surface area contributed by atoms with Crippen LogP contribution in [0.4, 0.5) is 10.2 Å². The largest absolute Gasteiger partial charge is 1.00 e. The van der Waals surface area contributed by atoms with E-state index in [9.17, 15) is 27.5 Å². The van der Waals surface area contributed by atoms with Gasteiger partial charge in [0.1, 0.15) is 11.5 Å². The Labute approximate surface area is 217 Å². The Balaban J connectivity index is 0.00000408. The minimum Gasteiger partial charge on any atom is -0.869 e. The van der Waals surface area contributed by atoms with E-state index in [1.165, 1.54) is 45.4 Å². The van der Waals surface area contributed by atoms with Crippen molar-refractivity contribution in [2.75, 3.05) is 24.2 Å². The number of amides is 2. The minimum absolute atomic E-state index is 0. The van der Waals surface area contributed by atoms with Crippen LogP contribution >= 0.6 is 0 Å². The van der Waals surface area contributed by atoms with E-state index in [0.29, 0.717) is 5.56 Å². The Hall–Kier alpha value is -2.80. The van der Waals surface area contributed by atoms with Crippen LogP contribution in [0.15, 0.2) is 36.5 Å². The van der Waals surface area contributed by atoms with Crippen LogP contribution in [-0.2, 0) is 16.6 Å². The van der Waals surface area contributed by atoms with Crippen LogP contribution in [0, 0.1) is 5.82 Å². The molecule has 0 atom stereocenters. The second kappa shape index (κ2) is 11.1. The van der Waals surface area contributed by atoms with Crippen molar-refractivity contribution in [1.29, 1.82) is 0 Å². The third kappa shape index (κ3) is 5.46. The predicted molar refractivity (Wildman–Crippen MR) is 118 cm³/mol. The Morgan fingerprint density at radius 3 is 2.56 bits per heavy atom. The number of sulfonamides is 1. The van der Waals surface area contributed by atoms with Gasteiger partial charge in [0, 0.05) is 37.8 Å². The number of pyridine rings is 2. The van der Waals surface area contributed by atoms with Crippen molar-refractivity contribution in [3.05, 3.63) is 59.2 Å². The molecule has 0 saturated carbocycles. The van der Waals surface area contributed by atoms with Gasteiger partial charge in [0.2, 0.25) is 10.0 Å². The number of nitrogens with zero attached hydrogens (tertiary/aromatic N) is 3. The molecule has 13 heteroatoms. The molecule has 34 heavy (non-hydrogen) atoms. The summed E-state index contributed by atoms with van der Waals surface area (Å²) in [7, 11) is -1.09. The summed E-state index contributed by atoms with van der Waals surface area (Å²) in [6.07, 6.45) is 1.34. The second-order valence-corrected chi connectivity index (χ2v) is 9.23. The van der Waals surface area contributed by atoms with Crippen molar-refractivity contribution in [1.82, 2.24) is 20.6 Å². The predicted octanol–water partition coefficient (Wildman–Crippen LogP) is -2.08. The first kappa shape index (κ1) is 27.4. The van der Waals surface area contributed by atoms with E-state index in [1.807, 2.05) is 0 Å². The number of nitrogens with one attached hydrogen (secondary N) is 2. The Morgan fingerprint density at radius 1 is 1.21 bits per heavy atom. The molecule has 1 aromatic carbocycles. The summed E-state index contributed by atoms with van der Waals surface area (Å²) in [5.41, 5.74) is -0.347. The number of rotatable bonds is 7. The smallest absolute Gasteiger partial charge is 0.869 e. The first-order valence-electron chi connectivity index (χ1n) is 9.81. The number of aromatic nitrogens is 2. The molecule has 0 saturated heterocycles.